The van der Waals surface area contributed by atoms with E-state index in [0.717, 1.165) is 25.3 Å². The van der Waals surface area contributed by atoms with Crippen LogP contribution >= 0.6 is 11.6 Å². The summed E-state index contributed by atoms with van der Waals surface area (Å²) >= 11 is 5.84. The molecule has 0 fully saturated rings. The molecule has 0 spiro atoms. The molecule has 2 rings (SSSR count). The first-order valence-corrected chi connectivity index (χ1v) is 7.56. The van der Waals surface area contributed by atoms with Crippen molar-refractivity contribution in [2.75, 3.05) is 0 Å². The lowest BCUT2D eigenvalue weighted by molar-refractivity contribution is -0.137. The lowest BCUT2D eigenvalue weighted by Crippen LogP contribution is -2.15. The normalized spacial score (nSPS) is 19.3. The summed E-state index contributed by atoms with van der Waals surface area (Å²) in [6.07, 6.45) is 2.38. The average Bonchev–Trinajstić information content (AvgIpc) is 2.48. The molecule has 1 atom stereocenters. The van der Waals surface area contributed by atoms with Crippen LogP contribution in [0.3, 0.4) is 0 Å². The fourth-order valence-corrected chi connectivity index (χ4v) is 2.48. The predicted octanol–water partition coefficient (Wildman–Crippen LogP) is 5.60. The van der Waals surface area contributed by atoms with E-state index in [1.54, 1.807) is 6.92 Å². The van der Waals surface area contributed by atoms with Gasteiger partial charge in [0.15, 0.2) is 0 Å². The minimum Gasteiger partial charge on any atom is -0.388 e. The molecule has 1 aromatic carbocycles. The maximum absolute atomic E-state index is 13.1. The molecule has 1 aliphatic carbocycles. The van der Waals surface area contributed by atoms with Gasteiger partial charge in [-0.25, -0.2) is 0 Å². The number of hydrogen-bond acceptors (Lipinski definition) is 2. The van der Waals surface area contributed by atoms with Gasteiger partial charge in [-0.2, -0.15) is 13.2 Å². The summed E-state index contributed by atoms with van der Waals surface area (Å²) in [6, 6.07) is 3.49. The van der Waals surface area contributed by atoms with Gasteiger partial charge in [-0.3, -0.25) is 0 Å². The molecule has 2 nitrogen and oxygen atoms in total. The second kappa shape index (κ2) is 7.18. The van der Waals surface area contributed by atoms with Crippen LogP contribution in [0.15, 0.2) is 35.5 Å². The van der Waals surface area contributed by atoms with Crippen LogP contribution in [-0.4, -0.2) is 11.8 Å². The first-order chi connectivity index (χ1) is 10.4. The molecule has 0 N–H and O–H groups in total. The van der Waals surface area contributed by atoms with Crippen molar-refractivity contribution in [3.8, 4) is 0 Å². The maximum atomic E-state index is 13.1. The Morgan fingerprint density at radius 2 is 2.18 bits per heavy atom. The molecule has 22 heavy (non-hydrogen) atoms. The molecule has 6 heteroatoms. The van der Waals surface area contributed by atoms with Crippen LogP contribution in [0, 0.1) is 0 Å². The molecule has 120 valence electrons. The van der Waals surface area contributed by atoms with Crippen LogP contribution in [0.4, 0.5) is 13.2 Å². The first-order valence-electron chi connectivity index (χ1n) is 7.18. The molecule has 1 aliphatic rings. The van der Waals surface area contributed by atoms with Gasteiger partial charge in [0.05, 0.1) is 11.3 Å². The largest absolute Gasteiger partial charge is 0.417 e. The van der Waals surface area contributed by atoms with Gasteiger partial charge >= 0.3 is 6.18 Å². The Hall–Kier alpha value is -1.49. The molecule has 1 aromatic rings. The van der Waals surface area contributed by atoms with Gasteiger partial charge in [0.2, 0.25) is 0 Å². The summed E-state index contributed by atoms with van der Waals surface area (Å²) in [5.74, 6) is 0. The van der Waals surface area contributed by atoms with E-state index in [9.17, 15) is 13.2 Å². The van der Waals surface area contributed by atoms with Crippen molar-refractivity contribution in [2.24, 2.45) is 5.16 Å². The van der Waals surface area contributed by atoms with E-state index in [-0.39, 0.29) is 22.4 Å². The maximum Gasteiger partial charge on any atom is 0.417 e. The lowest BCUT2D eigenvalue weighted by Gasteiger charge is -2.17. The molecule has 0 radical (unpaired) electrons. The molecule has 0 aromatic heterocycles. The third-order valence-electron chi connectivity index (χ3n) is 3.44. The molecule has 0 amide bonds. The Morgan fingerprint density at radius 3 is 2.77 bits per heavy atom. The van der Waals surface area contributed by atoms with Crippen molar-refractivity contribution in [3.05, 3.63) is 46.5 Å². The van der Waals surface area contributed by atoms with E-state index < -0.39 is 11.7 Å². The van der Waals surface area contributed by atoms with Gasteiger partial charge in [0.1, 0.15) is 6.10 Å². The molecule has 0 aliphatic heterocycles. The standard InChI is InChI=1S/C16H17ClF3NO/c1-2-15(21-22-12-6-4-3-5-7-12)13-10-11(17)8-9-14(13)16(18,19)20/h4,6,8-10,12H,2-3,5,7H2,1H3/b21-15+. The molecular weight excluding hydrogens is 315 g/mol. The molecule has 0 saturated heterocycles. The van der Waals surface area contributed by atoms with Crippen molar-refractivity contribution in [1.82, 2.24) is 0 Å². The zero-order valence-corrected chi connectivity index (χ0v) is 12.9. The van der Waals surface area contributed by atoms with E-state index in [1.165, 1.54) is 12.1 Å². The van der Waals surface area contributed by atoms with Crippen LogP contribution in [-0.2, 0) is 11.0 Å². The van der Waals surface area contributed by atoms with Crippen LogP contribution in [0.2, 0.25) is 5.02 Å². The fraction of sp³-hybridized carbons (Fsp3) is 0.438. The van der Waals surface area contributed by atoms with Crippen molar-refractivity contribution >= 4 is 17.3 Å². The fourth-order valence-electron chi connectivity index (χ4n) is 2.31. The van der Waals surface area contributed by atoms with Crippen molar-refractivity contribution in [1.29, 1.82) is 0 Å². The van der Waals surface area contributed by atoms with Crippen molar-refractivity contribution in [2.45, 2.75) is 44.9 Å². The van der Waals surface area contributed by atoms with Crippen LogP contribution in [0.1, 0.15) is 43.7 Å². The van der Waals surface area contributed by atoms with Gasteiger partial charge in [-0.1, -0.05) is 29.8 Å². The highest BCUT2D eigenvalue weighted by Crippen LogP contribution is 2.34. The SMILES string of the molecule is CC/C(=N\OC1C=CCCC1)c1cc(Cl)ccc1C(F)(F)F. The van der Waals surface area contributed by atoms with E-state index in [1.807, 2.05) is 12.2 Å². The van der Waals surface area contributed by atoms with E-state index >= 15 is 0 Å². The lowest BCUT2D eigenvalue weighted by atomic mass is 10.0. The Morgan fingerprint density at radius 1 is 1.41 bits per heavy atom. The number of oxime groups is 1. The van der Waals surface area contributed by atoms with Crippen molar-refractivity contribution < 1.29 is 18.0 Å². The zero-order valence-electron chi connectivity index (χ0n) is 12.2. The van der Waals surface area contributed by atoms with Gasteiger partial charge in [-0.05, 0) is 50.0 Å². The summed E-state index contributed by atoms with van der Waals surface area (Å²) in [6.45, 7) is 1.74. The quantitative estimate of drug-likeness (QED) is 0.400. The minimum atomic E-state index is -4.46. The number of benzene rings is 1. The number of hydrogen-bond donors (Lipinski definition) is 0. The van der Waals surface area contributed by atoms with E-state index in [4.69, 9.17) is 16.4 Å². The number of alkyl halides is 3. The second-order valence-corrected chi connectivity index (χ2v) is 5.52. The monoisotopic (exact) mass is 331 g/mol. The first kappa shape index (κ1) is 16.9. The smallest absolute Gasteiger partial charge is 0.388 e. The number of nitrogens with zero attached hydrogens (tertiary/aromatic N) is 1. The Kier molecular flexibility index (Phi) is 5.51. The summed E-state index contributed by atoms with van der Waals surface area (Å²) < 4.78 is 39.4. The summed E-state index contributed by atoms with van der Waals surface area (Å²) in [5.41, 5.74) is -0.531. The van der Waals surface area contributed by atoms with Gasteiger partial charge in [-0.15, -0.1) is 0 Å². The van der Waals surface area contributed by atoms with Crippen LogP contribution in [0.5, 0.6) is 0 Å². The van der Waals surface area contributed by atoms with Gasteiger partial charge < -0.3 is 4.84 Å². The third-order valence-corrected chi connectivity index (χ3v) is 3.68. The molecule has 1 unspecified atom stereocenters. The average molecular weight is 332 g/mol. The summed E-state index contributed by atoms with van der Waals surface area (Å²) in [7, 11) is 0. The third kappa shape index (κ3) is 4.26. The second-order valence-electron chi connectivity index (χ2n) is 5.08. The highest BCUT2D eigenvalue weighted by atomic mass is 35.5. The van der Waals surface area contributed by atoms with Crippen LogP contribution in [0.25, 0.3) is 0 Å². The van der Waals surface area contributed by atoms with E-state index in [0.29, 0.717) is 6.42 Å². The molecule has 0 saturated carbocycles. The summed E-state index contributed by atoms with van der Waals surface area (Å²) in [5, 5.41) is 4.20. The van der Waals surface area contributed by atoms with Gasteiger partial charge in [0, 0.05) is 10.6 Å². The number of halogens is 4. The predicted molar refractivity (Wildman–Crippen MR) is 81.1 cm³/mol. The highest BCUT2D eigenvalue weighted by Gasteiger charge is 2.34. The van der Waals surface area contributed by atoms with Crippen molar-refractivity contribution in [3.63, 3.8) is 0 Å². The Bertz CT molecular complexity index is 581. The molecular formula is C16H17ClF3NO. The van der Waals surface area contributed by atoms with Gasteiger partial charge in [0.25, 0.3) is 0 Å². The Balaban J connectivity index is 2.31. The minimum absolute atomic E-state index is 0.0257. The zero-order chi connectivity index (χ0) is 16.2. The summed E-state index contributed by atoms with van der Waals surface area (Å²) in [4.78, 5) is 5.39. The van der Waals surface area contributed by atoms with E-state index in [2.05, 4.69) is 5.16 Å². The molecule has 0 heterocycles. The van der Waals surface area contributed by atoms with Crippen LogP contribution < -0.4 is 0 Å². The number of allylic oxidation sites excluding steroid dienone is 1. The topological polar surface area (TPSA) is 21.6 Å². The highest BCUT2D eigenvalue weighted by molar-refractivity contribution is 6.31. The Labute approximate surface area is 132 Å². The number of rotatable bonds is 4. The molecule has 0 bridgehead atoms.